The maximum atomic E-state index is 12.6. The molecule has 29 heavy (non-hydrogen) atoms. The van der Waals surface area contributed by atoms with Gasteiger partial charge in [0.05, 0.1) is 12.0 Å². The molecule has 0 aliphatic heterocycles. The van der Waals surface area contributed by atoms with Crippen LogP contribution in [0.2, 0.25) is 0 Å². The molecule has 0 atom stereocenters. The number of benzene rings is 2. The number of aromatic nitrogens is 2. The zero-order valence-electron chi connectivity index (χ0n) is 15.8. The molecule has 0 aliphatic carbocycles. The molecule has 0 spiro atoms. The number of hydrogen-bond donors (Lipinski definition) is 0. The topological polar surface area (TPSA) is 95.4 Å². The minimum Gasteiger partial charge on any atom is -0.497 e. The Hall–Kier alpha value is -3.39. The molecule has 0 N–H and O–H groups in total. The average molecular weight is 410 g/mol. The Morgan fingerprint density at radius 1 is 0.966 bits per heavy atom. The molecule has 0 aliphatic rings. The number of methoxy groups -OCH3 is 1. The van der Waals surface area contributed by atoms with Crippen molar-refractivity contribution in [2.24, 2.45) is 0 Å². The summed E-state index contributed by atoms with van der Waals surface area (Å²) in [6.07, 6.45) is 0. The first-order valence-electron chi connectivity index (χ1n) is 8.81. The van der Waals surface area contributed by atoms with Crippen molar-refractivity contribution in [2.75, 3.05) is 7.11 Å². The van der Waals surface area contributed by atoms with Crippen LogP contribution in [-0.4, -0.2) is 25.7 Å². The third-order valence-corrected chi connectivity index (χ3v) is 6.01. The molecule has 2 aromatic carbocycles. The lowest BCUT2D eigenvalue weighted by atomic mass is 10.2. The van der Waals surface area contributed by atoms with Crippen LogP contribution in [0.5, 0.6) is 5.75 Å². The van der Waals surface area contributed by atoms with E-state index in [4.69, 9.17) is 13.7 Å². The third kappa shape index (κ3) is 4.07. The molecule has 0 fully saturated rings. The van der Waals surface area contributed by atoms with Crippen molar-refractivity contribution in [3.05, 3.63) is 72.0 Å². The lowest BCUT2D eigenvalue weighted by Gasteiger charge is -2.02. The number of aryl methyl sites for hydroxylation is 1. The Morgan fingerprint density at radius 2 is 1.69 bits per heavy atom. The van der Waals surface area contributed by atoms with Crippen LogP contribution in [0.15, 0.2) is 74.5 Å². The molecular formula is C21H18N2O5S. The Labute approximate surface area is 167 Å². The van der Waals surface area contributed by atoms with Gasteiger partial charge in [-0.1, -0.05) is 22.9 Å². The highest BCUT2D eigenvalue weighted by atomic mass is 32.2. The van der Waals surface area contributed by atoms with Gasteiger partial charge in [-0.05, 0) is 55.5 Å². The molecule has 0 bridgehead atoms. The quantitative estimate of drug-likeness (QED) is 0.468. The summed E-state index contributed by atoms with van der Waals surface area (Å²) < 4.78 is 41.2. The average Bonchev–Trinajstić information content (AvgIpc) is 3.38. The van der Waals surface area contributed by atoms with Gasteiger partial charge in [0, 0.05) is 5.56 Å². The second-order valence-electron chi connectivity index (χ2n) is 6.49. The van der Waals surface area contributed by atoms with Crippen molar-refractivity contribution in [1.29, 1.82) is 0 Å². The van der Waals surface area contributed by atoms with Crippen LogP contribution >= 0.6 is 0 Å². The van der Waals surface area contributed by atoms with Crippen molar-refractivity contribution in [1.82, 2.24) is 10.1 Å². The molecule has 4 rings (SSSR count). The first kappa shape index (κ1) is 18.9. The van der Waals surface area contributed by atoms with Crippen LogP contribution in [0.4, 0.5) is 0 Å². The molecular weight excluding hydrogens is 392 g/mol. The maximum absolute atomic E-state index is 12.6. The van der Waals surface area contributed by atoms with Crippen LogP contribution in [0, 0.1) is 6.92 Å². The van der Waals surface area contributed by atoms with E-state index in [0.29, 0.717) is 17.3 Å². The lowest BCUT2D eigenvalue weighted by molar-refractivity contribution is 0.412. The van der Waals surface area contributed by atoms with Crippen molar-refractivity contribution < 1.29 is 22.1 Å². The largest absolute Gasteiger partial charge is 0.497 e. The van der Waals surface area contributed by atoms with Gasteiger partial charge >= 0.3 is 0 Å². The molecule has 2 aromatic heterocycles. The number of hydrogen-bond acceptors (Lipinski definition) is 7. The van der Waals surface area contributed by atoms with Crippen LogP contribution in [-0.2, 0) is 15.6 Å². The second kappa shape index (κ2) is 7.56. The van der Waals surface area contributed by atoms with Gasteiger partial charge in [0.15, 0.2) is 15.6 Å². The van der Waals surface area contributed by atoms with Gasteiger partial charge in [0.25, 0.3) is 5.89 Å². The van der Waals surface area contributed by atoms with Gasteiger partial charge in [0.2, 0.25) is 5.82 Å². The van der Waals surface area contributed by atoms with Gasteiger partial charge in [-0.3, -0.25) is 0 Å². The molecule has 0 saturated carbocycles. The monoisotopic (exact) mass is 410 g/mol. The number of furan rings is 1. The van der Waals surface area contributed by atoms with E-state index in [2.05, 4.69) is 10.1 Å². The SMILES string of the molecule is COc1ccc(-c2noc(-c3ccc(CS(=O)(=O)c4ccc(C)cc4)o3)n2)cc1. The van der Waals surface area contributed by atoms with Crippen molar-refractivity contribution in [3.8, 4) is 28.8 Å². The fraction of sp³-hybridized carbons (Fsp3) is 0.143. The van der Waals surface area contributed by atoms with E-state index in [1.165, 1.54) is 0 Å². The zero-order chi connectivity index (χ0) is 20.4. The van der Waals surface area contributed by atoms with Crippen molar-refractivity contribution >= 4 is 9.84 Å². The highest BCUT2D eigenvalue weighted by molar-refractivity contribution is 7.90. The predicted octanol–water partition coefficient (Wildman–Crippen LogP) is 4.29. The van der Waals surface area contributed by atoms with Gasteiger partial charge in [-0.15, -0.1) is 0 Å². The molecule has 0 unspecified atom stereocenters. The predicted molar refractivity (Wildman–Crippen MR) is 106 cm³/mol. The van der Waals surface area contributed by atoms with Crippen LogP contribution in [0.1, 0.15) is 11.3 Å². The van der Waals surface area contributed by atoms with Gasteiger partial charge < -0.3 is 13.7 Å². The van der Waals surface area contributed by atoms with Gasteiger partial charge in [-0.2, -0.15) is 4.98 Å². The molecule has 0 amide bonds. The molecule has 8 heteroatoms. The molecule has 2 heterocycles. The fourth-order valence-corrected chi connectivity index (χ4v) is 4.01. The molecule has 0 saturated heterocycles. The number of sulfone groups is 1. The Bertz CT molecular complexity index is 1220. The fourth-order valence-electron chi connectivity index (χ4n) is 2.77. The summed E-state index contributed by atoms with van der Waals surface area (Å²) in [6.45, 7) is 1.90. The summed E-state index contributed by atoms with van der Waals surface area (Å²) in [5.41, 5.74) is 1.75. The third-order valence-electron chi connectivity index (χ3n) is 4.36. The Morgan fingerprint density at radius 3 is 2.38 bits per heavy atom. The summed E-state index contributed by atoms with van der Waals surface area (Å²) >= 11 is 0. The normalized spacial score (nSPS) is 11.5. The summed E-state index contributed by atoms with van der Waals surface area (Å²) in [5, 5.41) is 3.95. The van der Waals surface area contributed by atoms with E-state index < -0.39 is 9.84 Å². The number of ether oxygens (including phenoxy) is 1. The minimum absolute atomic E-state index is 0.176. The molecule has 7 nitrogen and oxygen atoms in total. The van der Waals surface area contributed by atoms with E-state index in [9.17, 15) is 8.42 Å². The molecule has 148 valence electrons. The highest BCUT2D eigenvalue weighted by Gasteiger charge is 2.20. The van der Waals surface area contributed by atoms with E-state index >= 15 is 0 Å². The number of rotatable bonds is 6. The highest BCUT2D eigenvalue weighted by Crippen LogP contribution is 2.26. The maximum Gasteiger partial charge on any atom is 0.293 e. The smallest absolute Gasteiger partial charge is 0.293 e. The van der Waals surface area contributed by atoms with Crippen LogP contribution < -0.4 is 4.74 Å². The van der Waals surface area contributed by atoms with Gasteiger partial charge in [0.1, 0.15) is 17.3 Å². The minimum atomic E-state index is -3.52. The summed E-state index contributed by atoms with van der Waals surface area (Å²) in [5.74, 6) is 1.65. The standard InChI is InChI=1S/C21H18N2O5S/c1-14-3-10-18(11-4-14)29(24,25)13-17-9-12-19(27-17)21-22-20(23-28-21)15-5-7-16(26-2)8-6-15/h3-12H,13H2,1-2H3. The Kier molecular flexibility index (Phi) is 4.94. The Balaban J connectivity index is 1.53. The van der Waals surface area contributed by atoms with E-state index in [0.717, 1.165) is 16.9 Å². The van der Waals surface area contributed by atoms with Gasteiger partial charge in [-0.25, -0.2) is 8.42 Å². The zero-order valence-corrected chi connectivity index (χ0v) is 16.6. The van der Waals surface area contributed by atoms with Crippen LogP contribution in [0.3, 0.4) is 0 Å². The molecule has 0 radical (unpaired) electrons. The van der Waals surface area contributed by atoms with Crippen LogP contribution in [0.25, 0.3) is 23.0 Å². The van der Waals surface area contributed by atoms with E-state index in [1.54, 1.807) is 55.6 Å². The second-order valence-corrected chi connectivity index (χ2v) is 8.48. The molecule has 4 aromatic rings. The van der Waals surface area contributed by atoms with E-state index in [-0.39, 0.29) is 16.5 Å². The summed E-state index contributed by atoms with van der Waals surface area (Å²) in [4.78, 5) is 4.57. The van der Waals surface area contributed by atoms with E-state index in [1.807, 2.05) is 19.1 Å². The first-order valence-corrected chi connectivity index (χ1v) is 10.5. The summed E-state index contributed by atoms with van der Waals surface area (Å²) in [7, 11) is -1.92. The van der Waals surface area contributed by atoms with Crippen molar-refractivity contribution in [2.45, 2.75) is 17.6 Å². The lowest BCUT2D eigenvalue weighted by Crippen LogP contribution is -2.04. The summed E-state index contributed by atoms with van der Waals surface area (Å²) in [6, 6.07) is 17.1. The first-order chi connectivity index (χ1) is 13.9. The van der Waals surface area contributed by atoms with Crippen molar-refractivity contribution in [3.63, 3.8) is 0 Å². The number of nitrogens with zero attached hydrogens (tertiary/aromatic N) is 2.